The van der Waals surface area contributed by atoms with Crippen molar-refractivity contribution in [3.63, 3.8) is 0 Å². The van der Waals surface area contributed by atoms with Crippen molar-refractivity contribution in [2.45, 2.75) is 32.8 Å². The van der Waals surface area contributed by atoms with Gasteiger partial charge in [-0.2, -0.15) is 0 Å². The number of piperidine rings is 1. The van der Waals surface area contributed by atoms with Crippen LogP contribution in [0.25, 0.3) is 0 Å². The molecule has 1 atom stereocenters. The van der Waals surface area contributed by atoms with E-state index in [1.165, 1.54) is 0 Å². The van der Waals surface area contributed by atoms with Gasteiger partial charge in [0.25, 0.3) is 0 Å². The maximum atomic E-state index is 12.2. The predicted molar refractivity (Wildman–Crippen MR) is 63.6 cm³/mol. The van der Waals surface area contributed by atoms with Gasteiger partial charge in [0.1, 0.15) is 5.92 Å². The number of carbonyl (C=O) groups excluding carboxylic acids is 1. The number of likely N-dealkylation sites (tertiary alicyclic amines) is 1. The van der Waals surface area contributed by atoms with Crippen molar-refractivity contribution in [2.75, 3.05) is 13.1 Å². The average molecular weight is 243 g/mol. The van der Waals surface area contributed by atoms with Gasteiger partial charge in [-0.3, -0.25) is 4.79 Å². The minimum Gasteiger partial charge on any atom is -0.409 e. The fraction of sp³-hybridized carbons (Fsp3) is 0.818. The first kappa shape index (κ1) is 13.8. The molecule has 1 heterocycles. The second-order valence-corrected chi connectivity index (χ2v) is 4.80. The monoisotopic (exact) mass is 243 g/mol. The van der Waals surface area contributed by atoms with Gasteiger partial charge < -0.3 is 20.9 Å². The van der Waals surface area contributed by atoms with E-state index in [1.807, 2.05) is 13.8 Å². The SMILES string of the molecule is CC(C)C(C(=O)N1CCC(O)CC1)/C(N)=N/O. The average Bonchev–Trinajstić information content (AvgIpc) is 2.29. The van der Waals surface area contributed by atoms with Crippen LogP contribution in [0.4, 0.5) is 0 Å². The Morgan fingerprint density at radius 1 is 1.41 bits per heavy atom. The lowest BCUT2D eigenvalue weighted by Gasteiger charge is -2.33. The normalized spacial score (nSPS) is 20.7. The van der Waals surface area contributed by atoms with Crippen LogP contribution < -0.4 is 5.73 Å². The van der Waals surface area contributed by atoms with Crippen LogP contribution in [-0.4, -0.2) is 46.1 Å². The lowest BCUT2D eigenvalue weighted by atomic mass is 9.92. The van der Waals surface area contributed by atoms with Crippen molar-refractivity contribution >= 4 is 11.7 Å². The first-order chi connectivity index (χ1) is 7.97. The van der Waals surface area contributed by atoms with Crippen molar-refractivity contribution in [1.82, 2.24) is 4.90 Å². The number of amidine groups is 1. The number of hydrogen-bond donors (Lipinski definition) is 3. The third-order valence-corrected chi connectivity index (χ3v) is 3.14. The minimum atomic E-state index is -0.588. The summed E-state index contributed by atoms with van der Waals surface area (Å²) < 4.78 is 0. The van der Waals surface area contributed by atoms with Gasteiger partial charge in [0.05, 0.1) is 6.10 Å². The molecule has 0 bridgehead atoms. The molecule has 0 aromatic heterocycles. The van der Waals surface area contributed by atoms with Crippen molar-refractivity contribution in [2.24, 2.45) is 22.7 Å². The fourth-order valence-corrected chi connectivity index (χ4v) is 2.10. The number of nitrogens with zero attached hydrogens (tertiary/aromatic N) is 2. The first-order valence-electron chi connectivity index (χ1n) is 5.91. The Bertz CT molecular complexity index is 296. The summed E-state index contributed by atoms with van der Waals surface area (Å²) in [4.78, 5) is 13.9. The van der Waals surface area contributed by atoms with Gasteiger partial charge in [-0.25, -0.2) is 0 Å². The number of amides is 1. The third-order valence-electron chi connectivity index (χ3n) is 3.14. The Labute approximate surface area is 101 Å². The summed E-state index contributed by atoms with van der Waals surface area (Å²) in [7, 11) is 0. The molecule has 0 aromatic rings. The van der Waals surface area contributed by atoms with E-state index in [0.29, 0.717) is 25.9 Å². The van der Waals surface area contributed by atoms with E-state index in [2.05, 4.69) is 5.16 Å². The highest BCUT2D eigenvalue weighted by Crippen LogP contribution is 2.18. The zero-order valence-corrected chi connectivity index (χ0v) is 10.3. The topological polar surface area (TPSA) is 99.2 Å². The van der Waals surface area contributed by atoms with Crippen molar-refractivity contribution in [3.05, 3.63) is 0 Å². The summed E-state index contributed by atoms with van der Waals surface area (Å²) in [5.74, 6) is -0.779. The number of oxime groups is 1. The Balaban J connectivity index is 2.72. The van der Waals surface area contributed by atoms with E-state index >= 15 is 0 Å². The van der Waals surface area contributed by atoms with E-state index in [-0.39, 0.29) is 23.8 Å². The zero-order chi connectivity index (χ0) is 13.0. The Morgan fingerprint density at radius 3 is 2.35 bits per heavy atom. The van der Waals surface area contributed by atoms with Crippen LogP contribution in [0.3, 0.4) is 0 Å². The molecule has 4 N–H and O–H groups in total. The molecule has 1 aliphatic heterocycles. The molecule has 0 aliphatic carbocycles. The van der Waals surface area contributed by atoms with Gasteiger partial charge in [-0.05, 0) is 18.8 Å². The van der Waals surface area contributed by atoms with Crippen molar-refractivity contribution < 1.29 is 15.1 Å². The predicted octanol–water partition coefficient (Wildman–Crippen LogP) is -0.0117. The molecule has 98 valence electrons. The molecule has 6 nitrogen and oxygen atoms in total. The number of aliphatic hydroxyl groups is 1. The van der Waals surface area contributed by atoms with Gasteiger partial charge in [-0.1, -0.05) is 19.0 Å². The fourth-order valence-electron chi connectivity index (χ4n) is 2.10. The molecule has 1 unspecified atom stereocenters. The molecule has 1 saturated heterocycles. The molecule has 1 amide bonds. The van der Waals surface area contributed by atoms with E-state index in [4.69, 9.17) is 10.9 Å². The maximum Gasteiger partial charge on any atom is 0.233 e. The Hall–Kier alpha value is -1.30. The summed E-state index contributed by atoms with van der Waals surface area (Å²) in [6, 6.07) is 0. The maximum absolute atomic E-state index is 12.2. The Morgan fingerprint density at radius 2 is 1.94 bits per heavy atom. The number of aliphatic hydroxyl groups excluding tert-OH is 1. The van der Waals surface area contributed by atoms with E-state index < -0.39 is 5.92 Å². The third kappa shape index (κ3) is 3.33. The summed E-state index contributed by atoms with van der Waals surface area (Å²) in [6.07, 6.45) is 0.861. The van der Waals surface area contributed by atoms with Gasteiger partial charge in [0.15, 0.2) is 5.84 Å². The number of hydrogen-bond acceptors (Lipinski definition) is 4. The molecule has 1 fully saturated rings. The van der Waals surface area contributed by atoms with E-state index in [0.717, 1.165) is 0 Å². The van der Waals surface area contributed by atoms with Crippen LogP contribution in [0.15, 0.2) is 5.16 Å². The zero-order valence-electron chi connectivity index (χ0n) is 10.3. The highest BCUT2D eigenvalue weighted by Gasteiger charge is 2.32. The highest BCUT2D eigenvalue weighted by molar-refractivity contribution is 6.02. The highest BCUT2D eigenvalue weighted by atomic mass is 16.4. The van der Waals surface area contributed by atoms with Crippen LogP contribution in [0.2, 0.25) is 0 Å². The first-order valence-corrected chi connectivity index (χ1v) is 5.91. The van der Waals surface area contributed by atoms with Crippen LogP contribution in [0.1, 0.15) is 26.7 Å². The molecule has 17 heavy (non-hydrogen) atoms. The van der Waals surface area contributed by atoms with Crippen molar-refractivity contribution in [3.8, 4) is 0 Å². The molecule has 0 aromatic carbocycles. The Kier molecular flexibility index (Phi) is 4.74. The summed E-state index contributed by atoms with van der Waals surface area (Å²) in [5, 5.41) is 21.0. The quantitative estimate of drug-likeness (QED) is 0.281. The summed E-state index contributed by atoms with van der Waals surface area (Å²) in [5.41, 5.74) is 5.56. The second-order valence-electron chi connectivity index (χ2n) is 4.80. The summed E-state index contributed by atoms with van der Waals surface area (Å²) in [6.45, 7) is 4.78. The van der Waals surface area contributed by atoms with Crippen molar-refractivity contribution in [1.29, 1.82) is 0 Å². The molecule has 6 heteroatoms. The van der Waals surface area contributed by atoms with Gasteiger partial charge in [0.2, 0.25) is 5.91 Å². The summed E-state index contributed by atoms with van der Waals surface area (Å²) >= 11 is 0. The minimum absolute atomic E-state index is 0.0229. The van der Waals surface area contributed by atoms with Gasteiger partial charge in [-0.15, -0.1) is 0 Å². The standard InChI is InChI=1S/C11H21N3O3/c1-7(2)9(10(12)13-17)11(16)14-5-3-8(15)4-6-14/h7-9,15,17H,3-6H2,1-2H3,(H2,12,13). The number of nitrogens with two attached hydrogens (primary N) is 1. The lowest BCUT2D eigenvalue weighted by Crippen LogP contribution is -2.48. The second kappa shape index (κ2) is 5.86. The lowest BCUT2D eigenvalue weighted by molar-refractivity contribution is -0.136. The van der Waals surface area contributed by atoms with Crippen LogP contribution in [-0.2, 0) is 4.79 Å². The van der Waals surface area contributed by atoms with Crippen LogP contribution >= 0.6 is 0 Å². The smallest absolute Gasteiger partial charge is 0.233 e. The number of rotatable bonds is 3. The number of carbonyl (C=O) groups is 1. The molecule has 0 radical (unpaired) electrons. The largest absolute Gasteiger partial charge is 0.409 e. The van der Waals surface area contributed by atoms with Gasteiger partial charge in [0, 0.05) is 13.1 Å². The molecule has 0 saturated carbocycles. The molecule has 1 aliphatic rings. The molecular weight excluding hydrogens is 222 g/mol. The molecule has 1 rings (SSSR count). The van der Waals surface area contributed by atoms with E-state index in [9.17, 15) is 9.90 Å². The molecular formula is C11H21N3O3. The van der Waals surface area contributed by atoms with Crippen LogP contribution in [0, 0.1) is 11.8 Å². The van der Waals surface area contributed by atoms with Crippen LogP contribution in [0.5, 0.6) is 0 Å². The molecule has 0 spiro atoms. The van der Waals surface area contributed by atoms with E-state index in [1.54, 1.807) is 4.90 Å². The van der Waals surface area contributed by atoms with Gasteiger partial charge >= 0.3 is 0 Å².